The molecule has 0 radical (unpaired) electrons. The van der Waals surface area contributed by atoms with Crippen molar-refractivity contribution in [1.82, 2.24) is 4.31 Å². The van der Waals surface area contributed by atoms with Gasteiger partial charge in [0.1, 0.15) is 0 Å². The van der Waals surface area contributed by atoms with Gasteiger partial charge in [-0.05, 0) is 42.1 Å². The first-order valence-corrected chi connectivity index (χ1v) is 12.0. The van der Waals surface area contributed by atoms with Crippen LogP contribution in [0.5, 0.6) is 0 Å². The van der Waals surface area contributed by atoms with Gasteiger partial charge in [-0.2, -0.15) is 17.5 Å². The minimum atomic E-state index is -4.56. The minimum absolute atomic E-state index is 0.0227. The lowest BCUT2D eigenvalue weighted by molar-refractivity contribution is -0.137. The number of halogens is 3. The van der Waals surface area contributed by atoms with E-state index in [2.05, 4.69) is 0 Å². The van der Waals surface area contributed by atoms with E-state index >= 15 is 0 Å². The predicted octanol–water partition coefficient (Wildman–Crippen LogP) is 3.32. The van der Waals surface area contributed by atoms with Crippen molar-refractivity contribution in [2.75, 3.05) is 18.8 Å². The highest BCUT2D eigenvalue weighted by Crippen LogP contribution is 2.34. The van der Waals surface area contributed by atoms with Crippen molar-refractivity contribution < 1.29 is 30.0 Å². The molecule has 1 aromatic heterocycles. The van der Waals surface area contributed by atoms with Crippen LogP contribution in [0, 0.1) is 0 Å². The van der Waals surface area contributed by atoms with Crippen LogP contribution in [0.25, 0.3) is 0 Å². The van der Waals surface area contributed by atoms with Crippen LogP contribution in [-0.4, -0.2) is 40.0 Å². The van der Waals surface area contributed by atoms with Crippen LogP contribution in [0.1, 0.15) is 22.1 Å². The normalized spacial score (nSPS) is 21.7. The summed E-state index contributed by atoms with van der Waals surface area (Å²) in [6.45, 7) is -0.251. The molecule has 0 bridgehead atoms. The molecule has 148 valence electrons. The Balaban J connectivity index is 1.86. The van der Waals surface area contributed by atoms with Gasteiger partial charge in [-0.25, -0.2) is 16.8 Å². The van der Waals surface area contributed by atoms with E-state index in [4.69, 9.17) is 0 Å². The zero-order valence-electron chi connectivity index (χ0n) is 13.9. The lowest BCUT2D eigenvalue weighted by atomic mass is 10.2. The summed E-state index contributed by atoms with van der Waals surface area (Å²) in [5.74, 6) is -0.338. The fourth-order valence-corrected chi connectivity index (χ4v) is 7.50. The fourth-order valence-electron chi connectivity index (χ4n) is 2.92. The van der Waals surface area contributed by atoms with E-state index in [9.17, 15) is 30.0 Å². The first kappa shape index (κ1) is 20.3. The molecule has 0 saturated carbocycles. The summed E-state index contributed by atoms with van der Waals surface area (Å²) in [5.41, 5.74) is -0.947. The Morgan fingerprint density at radius 3 is 2.30 bits per heavy atom. The van der Waals surface area contributed by atoms with E-state index in [1.807, 2.05) is 0 Å². The molecule has 1 saturated heterocycles. The maximum absolute atomic E-state index is 12.8. The number of hydrogen-bond acceptors (Lipinski definition) is 5. The summed E-state index contributed by atoms with van der Waals surface area (Å²) in [5, 5.41) is 0.984. The first-order valence-electron chi connectivity index (χ1n) is 7.94. The fraction of sp³-hybridized carbons (Fsp3) is 0.375. The molecular weight excluding hydrogens is 423 g/mol. The lowest BCUT2D eigenvalue weighted by Gasteiger charge is -2.20. The molecule has 11 heteroatoms. The monoisotopic (exact) mass is 439 g/mol. The van der Waals surface area contributed by atoms with Gasteiger partial charge in [0.05, 0.1) is 21.5 Å². The second-order valence-electron chi connectivity index (χ2n) is 6.09. The second kappa shape index (κ2) is 7.19. The Kier molecular flexibility index (Phi) is 5.41. The maximum Gasteiger partial charge on any atom is 0.416 e. The molecule has 1 unspecified atom stereocenters. The molecule has 2 heterocycles. The molecule has 1 aliphatic rings. The van der Waals surface area contributed by atoms with Crippen molar-refractivity contribution in [1.29, 1.82) is 0 Å². The number of sulfone groups is 1. The van der Waals surface area contributed by atoms with Gasteiger partial charge in [0.25, 0.3) is 0 Å². The molecule has 1 atom stereocenters. The van der Waals surface area contributed by atoms with E-state index in [0.717, 1.165) is 16.4 Å². The summed E-state index contributed by atoms with van der Waals surface area (Å²) in [7, 11) is -7.61. The van der Waals surface area contributed by atoms with Crippen LogP contribution >= 0.6 is 11.3 Å². The number of alkyl halides is 3. The molecule has 1 aliphatic heterocycles. The summed E-state index contributed by atoms with van der Waals surface area (Å²) in [6.07, 6.45) is -4.46. The van der Waals surface area contributed by atoms with E-state index in [1.54, 1.807) is 17.5 Å². The molecule has 3 rings (SSSR count). The SMILES string of the molecule is O=S1(=O)CCN(S(=O)(=O)c2ccc(C(F)(F)F)cc2)CCC1c1cccs1. The topological polar surface area (TPSA) is 71.5 Å². The Hall–Kier alpha value is -1.43. The van der Waals surface area contributed by atoms with Gasteiger partial charge in [0.2, 0.25) is 10.0 Å². The van der Waals surface area contributed by atoms with Crippen molar-refractivity contribution in [3.05, 3.63) is 52.2 Å². The van der Waals surface area contributed by atoms with Crippen LogP contribution in [0.3, 0.4) is 0 Å². The third-order valence-electron chi connectivity index (χ3n) is 4.38. The second-order valence-corrected chi connectivity index (χ2v) is 11.3. The number of benzene rings is 1. The standard InChI is InChI=1S/C16H16F3NO4S3/c17-16(18,19)12-3-5-13(6-4-12)27(23,24)20-8-7-15(14-2-1-10-25-14)26(21,22)11-9-20/h1-6,10,15H,7-9,11H2. The third kappa shape index (κ3) is 4.20. The zero-order valence-corrected chi connectivity index (χ0v) is 16.3. The maximum atomic E-state index is 12.8. The third-order valence-corrected chi connectivity index (χ3v) is 9.54. The minimum Gasteiger partial charge on any atom is -0.228 e. The molecular formula is C16H16F3NO4S3. The average Bonchev–Trinajstić information content (AvgIpc) is 3.05. The van der Waals surface area contributed by atoms with Crippen LogP contribution in [-0.2, 0) is 26.0 Å². The number of nitrogens with zero attached hydrogens (tertiary/aromatic N) is 1. The molecule has 27 heavy (non-hydrogen) atoms. The molecule has 1 fully saturated rings. The summed E-state index contributed by atoms with van der Waals surface area (Å²) >= 11 is 1.30. The van der Waals surface area contributed by atoms with Crippen LogP contribution in [0.4, 0.5) is 13.2 Å². The molecule has 0 N–H and O–H groups in total. The average molecular weight is 440 g/mol. The van der Waals surface area contributed by atoms with Gasteiger partial charge in [-0.1, -0.05) is 6.07 Å². The van der Waals surface area contributed by atoms with Crippen LogP contribution in [0.2, 0.25) is 0 Å². The van der Waals surface area contributed by atoms with Gasteiger partial charge in [-0.3, -0.25) is 0 Å². The lowest BCUT2D eigenvalue weighted by Crippen LogP contribution is -2.33. The van der Waals surface area contributed by atoms with Crippen LogP contribution < -0.4 is 0 Å². The number of thiophene rings is 1. The zero-order chi connectivity index (χ0) is 19.9. The molecule has 0 spiro atoms. The predicted molar refractivity (Wildman–Crippen MR) is 95.7 cm³/mol. The number of sulfonamides is 1. The van der Waals surface area contributed by atoms with Gasteiger partial charge in [-0.15, -0.1) is 11.3 Å². The summed E-state index contributed by atoms with van der Waals surface area (Å²) < 4.78 is 89.6. The van der Waals surface area contributed by atoms with E-state index in [1.165, 1.54) is 11.3 Å². The highest BCUT2D eigenvalue weighted by Gasteiger charge is 2.36. The summed E-state index contributed by atoms with van der Waals surface area (Å²) in [4.78, 5) is 0.367. The Morgan fingerprint density at radius 1 is 1.07 bits per heavy atom. The Labute approximate surface area is 159 Å². The Morgan fingerprint density at radius 2 is 1.74 bits per heavy atom. The highest BCUT2D eigenvalue weighted by atomic mass is 32.2. The van der Waals surface area contributed by atoms with Crippen molar-refractivity contribution in [3.8, 4) is 0 Å². The van der Waals surface area contributed by atoms with E-state index < -0.39 is 36.9 Å². The smallest absolute Gasteiger partial charge is 0.228 e. The molecule has 0 amide bonds. The first-order chi connectivity index (χ1) is 12.5. The quantitative estimate of drug-likeness (QED) is 0.736. The number of rotatable bonds is 3. The largest absolute Gasteiger partial charge is 0.416 e. The van der Waals surface area contributed by atoms with E-state index in [-0.39, 0.29) is 30.2 Å². The van der Waals surface area contributed by atoms with Gasteiger partial charge in [0.15, 0.2) is 9.84 Å². The molecule has 2 aromatic rings. The van der Waals surface area contributed by atoms with Gasteiger partial charge < -0.3 is 0 Å². The van der Waals surface area contributed by atoms with Crippen molar-refractivity contribution in [2.45, 2.75) is 22.7 Å². The van der Waals surface area contributed by atoms with Gasteiger partial charge in [0, 0.05) is 18.0 Å². The Bertz CT molecular complexity index is 998. The molecule has 5 nitrogen and oxygen atoms in total. The molecule has 1 aromatic carbocycles. The summed E-state index contributed by atoms with van der Waals surface area (Å²) in [6, 6.07) is 6.64. The van der Waals surface area contributed by atoms with Gasteiger partial charge >= 0.3 is 6.18 Å². The van der Waals surface area contributed by atoms with Crippen molar-refractivity contribution in [2.24, 2.45) is 0 Å². The van der Waals surface area contributed by atoms with E-state index in [0.29, 0.717) is 17.0 Å². The van der Waals surface area contributed by atoms with Crippen molar-refractivity contribution >= 4 is 31.2 Å². The number of hydrogen-bond donors (Lipinski definition) is 0. The van der Waals surface area contributed by atoms with Crippen LogP contribution in [0.15, 0.2) is 46.7 Å². The van der Waals surface area contributed by atoms with Crippen molar-refractivity contribution in [3.63, 3.8) is 0 Å². The highest BCUT2D eigenvalue weighted by molar-refractivity contribution is 7.92. The molecule has 0 aliphatic carbocycles.